The molecule has 0 radical (unpaired) electrons. The van der Waals surface area contributed by atoms with Crippen LogP contribution in [0.4, 0.5) is 15.3 Å². The molecule has 1 aliphatic rings. The standard InChI is InChI=1S/C29H29N3O6S/c1-29(2,3)38-27(34)31(4)17-15-25-30-16-18-32(25,28(35)36)20-11-13-21(14-12-20)37-26(33)23-9-6-5-8-22(23)24-10-7-19-39-24/h5-14,16,18-19H,15,17H2,1-4H3/p+1. The Labute approximate surface area is 230 Å². The smallest absolute Gasteiger partial charge is 0.444 e. The third-order valence-electron chi connectivity index (χ3n) is 5.99. The summed E-state index contributed by atoms with van der Waals surface area (Å²) in [6, 6.07) is 17.4. The van der Waals surface area contributed by atoms with Crippen LogP contribution in [0.3, 0.4) is 0 Å². The van der Waals surface area contributed by atoms with Gasteiger partial charge >= 0.3 is 18.2 Å². The van der Waals surface area contributed by atoms with Gasteiger partial charge in [0.25, 0.3) is 0 Å². The SMILES string of the molecule is CN(CCC1=NC=C[N+]1(C(=O)O)c1ccc(OC(=O)c2ccccc2-c2cccs2)cc1)C(=O)OC(C)(C)C. The number of carboxylic acid groups (broad SMARTS) is 1. The predicted molar refractivity (Wildman–Crippen MR) is 151 cm³/mol. The van der Waals surface area contributed by atoms with Gasteiger partial charge in [0.1, 0.15) is 17.6 Å². The third-order valence-corrected chi connectivity index (χ3v) is 6.89. The number of amidine groups is 1. The summed E-state index contributed by atoms with van der Waals surface area (Å²) in [5.74, 6) is 0.0921. The van der Waals surface area contributed by atoms with Crippen molar-refractivity contribution in [3.63, 3.8) is 0 Å². The summed E-state index contributed by atoms with van der Waals surface area (Å²) < 4.78 is 10.3. The topological polar surface area (TPSA) is 106 Å². The number of hydrogen-bond acceptors (Lipinski definition) is 7. The number of carbonyl (C=O) groups excluding carboxylic acids is 2. The number of quaternary nitrogens is 1. The van der Waals surface area contributed by atoms with Gasteiger partial charge in [-0.05, 0) is 50.4 Å². The Balaban J connectivity index is 1.50. The first kappa shape index (κ1) is 27.7. The van der Waals surface area contributed by atoms with E-state index in [1.54, 1.807) is 64.2 Å². The molecule has 0 saturated carbocycles. The van der Waals surface area contributed by atoms with Gasteiger partial charge in [0, 0.05) is 36.2 Å². The van der Waals surface area contributed by atoms with E-state index in [4.69, 9.17) is 9.47 Å². The lowest BCUT2D eigenvalue weighted by Gasteiger charge is -2.28. The Morgan fingerprint density at radius 2 is 1.74 bits per heavy atom. The van der Waals surface area contributed by atoms with Crippen molar-refractivity contribution >= 4 is 41.0 Å². The van der Waals surface area contributed by atoms with E-state index >= 15 is 0 Å². The lowest BCUT2D eigenvalue weighted by molar-refractivity contribution is 0.0302. The zero-order valence-corrected chi connectivity index (χ0v) is 23.0. The molecule has 4 rings (SSSR count). The Hall–Kier alpha value is -4.28. The van der Waals surface area contributed by atoms with Gasteiger partial charge in [-0.1, -0.05) is 24.3 Å². The van der Waals surface area contributed by atoms with Gasteiger partial charge in [0.15, 0.2) is 5.69 Å². The summed E-state index contributed by atoms with van der Waals surface area (Å²) in [4.78, 5) is 44.5. The first-order valence-corrected chi connectivity index (χ1v) is 13.2. The number of carbonyl (C=O) groups is 3. The highest BCUT2D eigenvalue weighted by molar-refractivity contribution is 7.13. The summed E-state index contributed by atoms with van der Waals surface area (Å²) in [5.41, 5.74) is 0.970. The summed E-state index contributed by atoms with van der Waals surface area (Å²) in [5, 5.41) is 12.2. The molecule has 2 amide bonds. The van der Waals surface area contributed by atoms with Gasteiger partial charge in [-0.3, -0.25) is 0 Å². The van der Waals surface area contributed by atoms with Crippen molar-refractivity contribution in [2.24, 2.45) is 4.99 Å². The highest BCUT2D eigenvalue weighted by Gasteiger charge is 2.46. The Morgan fingerprint density at radius 1 is 1.03 bits per heavy atom. The summed E-state index contributed by atoms with van der Waals surface area (Å²) in [7, 11) is 1.59. The molecule has 0 spiro atoms. The van der Waals surface area contributed by atoms with Crippen molar-refractivity contribution < 1.29 is 29.0 Å². The van der Waals surface area contributed by atoms with Gasteiger partial charge < -0.3 is 19.5 Å². The molecule has 1 unspecified atom stereocenters. The molecule has 3 aromatic rings. The van der Waals surface area contributed by atoms with Gasteiger partial charge in [-0.2, -0.15) is 4.79 Å². The molecule has 9 nitrogen and oxygen atoms in total. The van der Waals surface area contributed by atoms with Crippen molar-refractivity contribution in [1.82, 2.24) is 9.38 Å². The number of ether oxygens (including phenoxy) is 2. The fraction of sp³-hybridized carbons (Fsp3) is 0.241. The van der Waals surface area contributed by atoms with E-state index in [1.165, 1.54) is 28.6 Å². The normalized spacial score (nSPS) is 16.5. The third kappa shape index (κ3) is 6.08. The molecule has 1 aliphatic heterocycles. The van der Waals surface area contributed by atoms with Crippen molar-refractivity contribution in [2.75, 3.05) is 13.6 Å². The average Bonchev–Trinajstić information content (AvgIpc) is 3.58. The minimum Gasteiger partial charge on any atom is -0.444 e. The number of benzene rings is 2. The van der Waals surface area contributed by atoms with Crippen molar-refractivity contribution in [3.05, 3.63) is 84.0 Å². The zero-order chi connectivity index (χ0) is 28.2. The molecule has 1 N–H and O–H groups in total. The molecule has 0 fully saturated rings. The largest absolute Gasteiger partial charge is 0.529 e. The molecule has 39 heavy (non-hydrogen) atoms. The van der Waals surface area contributed by atoms with Crippen LogP contribution in [0.1, 0.15) is 37.6 Å². The van der Waals surface area contributed by atoms with E-state index in [9.17, 15) is 19.5 Å². The predicted octanol–water partition coefficient (Wildman–Crippen LogP) is 6.76. The van der Waals surface area contributed by atoms with Crippen LogP contribution in [0.25, 0.3) is 10.4 Å². The Bertz CT molecular complexity index is 1420. The first-order chi connectivity index (χ1) is 18.5. The second-order valence-electron chi connectivity index (χ2n) is 9.91. The Kier molecular flexibility index (Phi) is 7.98. The second kappa shape index (κ2) is 11.2. The summed E-state index contributed by atoms with van der Waals surface area (Å²) >= 11 is 1.53. The average molecular weight is 549 g/mol. The van der Waals surface area contributed by atoms with Crippen LogP contribution < -0.4 is 9.22 Å². The molecule has 0 saturated heterocycles. The maximum Gasteiger partial charge on any atom is 0.529 e. The zero-order valence-electron chi connectivity index (χ0n) is 22.2. The van der Waals surface area contributed by atoms with E-state index in [-0.39, 0.29) is 18.7 Å². The molecule has 202 valence electrons. The number of hydrogen-bond donors (Lipinski definition) is 1. The van der Waals surface area contributed by atoms with Crippen molar-refractivity contribution in [1.29, 1.82) is 0 Å². The lowest BCUT2D eigenvalue weighted by Crippen LogP contribution is -2.52. The van der Waals surface area contributed by atoms with E-state index in [0.717, 1.165) is 10.4 Å². The number of amides is 2. The number of aliphatic imine (C=N–C) groups is 1. The molecular formula is C29H30N3O6S+. The van der Waals surface area contributed by atoms with E-state index < -0.39 is 28.2 Å². The van der Waals surface area contributed by atoms with Crippen LogP contribution in [-0.4, -0.2) is 53.2 Å². The van der Waals surface area contributed by atoms with Gasteiger partial charge in [0.2, 0.25) is 5.84 Å². The summed E-state index contributed by atoms with van der Waals surface area (Å²) in [6.45, 7) is 5.54. The van der Waals surface area contributed by atoms with Gasteiger partial charge in [-0.25, -0.2) is 14.6 Å². The van der Waals surface area contributed by atoms with Gasteiger partial charge in [0.05, 0.1) is 18.2 Å². The highest BCUT2D eigenvalue weighted by Crippen LogP contribution is 2.33. The summed E-state index contributed by atoms with van der Waals surface area (Å²) in [6.07, 6.45) is 1.44. The number of rotatable bonds is 7. The quantitative estimate of drug-likeness (QED) is 0.199. The molecule has 2 aromatic carbocycles. The molecular weight excluding hydrogens is 518 g/mol. The monoisotopic (exact) mass is 548 g/mol. The molecule has 1 atom stereocenters. The minimum atomic E-state index is -1.16. The second-order valence-corrected chi connectivity index (χ2v) is 10.9. The number of nitrogens with zero attached hydrogens (tertiary/aromatic N) is 3. The van der Waals surface area contributed by atoms with E-state index in [2.05, 4.69) is 4.99 Å². The van der Waals surface area contributed by atoms with E-state index in [0.29, 0.717) is 17.1 Å². The lowest BCUT2D eigenvalue weighted by atomic mass is 10.1. The van der Waals surface area contributed by atoms with Crippen LogP contribution in [0, 0.1) is 0 Å². The molecule has 2 heterocycles. The molecule has 0 aliphatic carbocycles. The van der Waals surface area contributed by atoms with Crippen LogP contribution >= 0.6 is 11.3 Å². The first-order valence-electron chi connectivity index (χ1n) is 12.3. The molecule has 10 heteroatoms. The molecule has 0 bridgehead atoms. The number of esters is 1. The molecule has 1 aromatic heterocycles. The van der Waals surface area contributed by atoms with Gasteiger partial charge in [-0.15, -0.1) is 15.8 Å². The van der Waals surface area contributed by atoms with Crippen LogP contribution in [0.2, 0.25) is 0 Å². The maximum atomic E-state index is 13.0. The maximum absolute atomic E-state index is 13.0. The van der Waals surface area contributed by atoms with E-state index in [1.807, 2.05) is 29.6 Å². The minimum absolute atomic E-state index is 0.200. The van der Waals surface area contributed by atoms with Crippen LogP contribution in [0.15, 0.2) is 83.4 Å². The highest BCUT2D eigenvalue weighted by atomic mass is 32.1. The van der Waals surface area contributed by atoms with Crippen LogP contribution in [-0.2, 0) is 4.74 Å². The van der Waals surface area contributed by atoms with Crippen molar-refractivity contribution in [2.45, 2.75) is 32.8 Å². The van der Waals surface area contributed by atoms with Crippen molar-refractivity contribution in [3.8, 4) is 16.2 Å². The Morgan fingerprint density at radius 3 is 2.38 bits per heavy atom. The fourth-order valence-corrected chi connectivity index (χ4v) is 4.84. The number of thiophene rings is 1. The van der Waals surface area contributed by atoms with Crippen LogP contribution in [0.5, 0.6) is 5.75 Å². The fourth-order valence-electron chi connectivity index (χ4n) is 4.08.